The Morgan fingerprint density at radius 2 is 0.917 bits per heavy atom. The second-order valence-electron chi connectivity index (χ2n) is 9.52. The summed E-state index contributed by atoms with van der Waals surface area (Å²) < 4.78 is 0. The SMILES string of the molecule is CNC1CCC2CCCCC2C1C1C(NC)CCC2CCCCC21. The van der Waals surface area contributed by atoms with Crippen LogP contribution in [0.25, 0.3) is 0 Å². The van der Waals surface area contributed by atoms with Crippen LogP contribution in [0.2, 0.25) is 0 Å². The molecule has 0 bridgehead atoms. The molecule has 2 N–H and O–H groups in total. The molecule has 4 rings (SSSR count). The zero-order valence-electron chi connectivity index (χ0n) is 16.1. The van der Waals surface area contributed by atoms with Crippen LogP contribution in [0.3, 0.4) is 0 Å². The monoisotopic (exact) mass is 332 g/mol. The van der Waals surface area contributed by atoms with Crippen LogP contribution in [-0.2, 0) is 0 Å². The van der Waals surface area contributed by atoms with E-state index in [9.17, 15) is 0 Å². The van der Waals surface area contributed by atoms with Gasteiger partial charge in [0.25, 0.3) is 0 Å². The summed E-state index contributed by atoms with van der Waals surface area (Å²) in [6, 6.07) is 1.57. The van der Waals surface area contributed by atoms with E-state index in [0.717, 1.165) is 47.6 Å². The van der Waals surface area contributed by atoms with E-state index in [1.165, 1.54) is 77.0 Å². The van der Waals surface area contributed by atoms with Crippen LogP contribution in [0, 0.1) is 35.5 Å². The highest BCUT2D eigenvalue weighted by Gasteiger charge is 2.50. The minimum atomic E-state index is 0.783. The van der Waals surface area contributed by atoms with Gasteiger partial charge in [-0.1, -0.05) is 38.5 Å². The van der Waals surface area contributed by atoms with Gasteiger partial charge in [0.2, 0.25) is 0 Å². The maximum Gasteiger partial charge on any atom is 0.00985 e. The maximum atomic E-state index is 3.80. The Balaban J connectivity index is 1.64. The van der Waals surface area contributed by atoms with Gasteiger partial charge < -0.3 is 10.6 Å². The fourth-order valence-corrected chi connectivity index (χ4v) is 7.75. The molecule has 4 aliphatic carbocycles. The average Bonchev–Trinajstić information content (AvgIpc) is 2.66. The molecule has 8 atom stereocenters. The number of hydrogen-bond donors (Lipinski definition) is 2. The average molecular weight is 333 g/mol. The van der Waals surface area contributed by atoms with Crippen LogP contribution < -0.4 is 10.6 Å². The van der Waals surface area contributed by atoms with E-state index < -0.39 is 0 Å². The second-order valence-corrected chi connectivity index (χ2v) is 9.52. The minimum absolute atomic E-state index is 0.783. The molecule has 0 aromatic heterocycles. The summed E-state index contributed by atoms with van der Waals surface area (Å²) in [6.45, 7) is 0. The van der Waals surface area contributed by atoms with Crippen molar-refractivity contribution in [1.82, 2.24) is 10.6 Å². The van der Waals surface area contributed by atoms with E-state index in [1.54, 1.807) is 0 Å². The molecule has 4 saturated carbocycles. The van der Waals surface area contributed by atoms with Gasteiger partial charge in [-0.3, -0.25) is 0 Å². The Kier molecular flexibility index (Phi) is 5.53. The quantitative estimate of drug-likeness (QED) is 0.789. The number of nitrogens with one attached hydrogen (secondary N) is 2. The van der Waals surface area contributed by atoms with Crippen molar-refractivity contribution < 1.29 is 0 Å². The third kappa shape index (κ3) is 3.07. The highest BCUT2D eigenvalue weighted by Crippen LogP contribution is 2.54. The molecule has 0 radical (unpaired) electrons. The first-order chi connectivity index (χ1) is 11.8. The summed E-state index contributed by atoms with van der Waals surface area (Å²) in [7, 11) is 4.49. The van der Waals surface area contributed by atoms with Crippen LogP contribution in [0.15, 0.2) is 0 Å². The van der Waals surface area contributed by atoms with Crippen molar-refractivity contribution in [3.8, 4) is 0 Å². The smallest absolute Gasteiger partial charge is 0.00985 e. The van der Waals surface area contributed by atoms with Crippen molar-refractivity contribution in [2.45, 2.75) is 89.1 Å². The molecule has 0 spiro atoms. The highest BCUT2D eigenvalue weighted by atomic mass is 14.9. The van der Waals surface area contributed by atoms with Gasteiger partial charge in [-0.15, -0.1) is 0 Å². The van der Waals surface area contributed by atoms with E-state index in [0.29, 0.717) is 0 Å². The van der Waals surface area contributed by atoms with Crippen LogP contribution in [-0.4, -0.2) is 26.2 Å². The third-order valence-electron chi connectivity index (χ3n) is 8.74. The predicted octanol–water partition coefficient (Wildman–Crippen LogP) is 4.60. The van der Waals surface area contributed by atoms with Crippen LogP contribution in [0.1, 0.15) is 77.0 Å². The highest BCUT2D eigenvalue weighted by molar-refractivity contribution is 5.03. The van der Waals surface area contributed by atoms with E-state index in [2.05, 4.69) is 24.7 Å². The fourth-order valence-electron chi connectivity index (χ4n) is 7.75. The van der Waals surface area contributed by atoms with E-state index in [1.807, 2.05) is 0 Å². The third-order valence-corrected chi connectivity index (χ3v) is 8.74. The lowest BCUT2D eigenvalue weighted by atomic mass is 9.52. The Morgan fingerprint density at radius 1 is 0.500 bits per heavy atom. The lowest BCUT2D eigenvalue weighted by Crippen LogP contribution is -2.57. The van der Waals surface area contributed by atoms with Gasteiger partial charge in [-0.05, 0) is 88.1 Å². The standard InChI is InChI=1S/C22H40N2/c1-23-19-13-11-15-7-3-5-9-17(15)21(19)22-18-10-6-4-8-16(18)12-14-20(22)24-2/h15-24H,3-14H2,1-2H3. The Hall–Kier alpha value is -0.0800. The van der Waals surface area contributed by atoms with E-state index in [4.69, 9.17) is 0 Å². The number of hydrogen-bond acceptors (Lipinski definition) is 2. The van der Waals surface area contributed by atoms with Crippen molar-refractivity contribution in [3.05, 3.63) is 0 Å². The topological polar surface area (TPSA) is 24.1 Å². The van der Waals surface area contributed by atoms with Crippen molar-refractivity contribution in [2.24, 2.45) is 35.5 Å². The zero-order chi connectivity index (χ0) is 16.5. The molecule has 0 saturated heterocycles. The normalized spacial score (nSPS) is 49.2. The van der Waals surface area contributed by atoms with Crippen molar-refractivity contribution in [3.63, 3.8) is 0 Å². The first-order valence-electron chi connectivity index (χ1n) is 11.2. The minimum Gasteiger partial charge on any atom is -0.317 e. The molecule has 0 aliphatic heterocycles. The molecular weight excluding hydrogens is 292 g/mol. The Bertz CT molecular complexity index is 371. The lowest BCUT2D eigenvalue weighted by molar-refractivity contribution is -0.0408. The van der Waals surface area contributed by atoms with Crippen LogP contribution in [0.4, 0.5) is 0 Å². The molecule has 0 amide bonds. The van der Waals surface area contributed by atoms with Crippen LogP contribution in [0.5, 0.6) is 0 Å². The summed E-state index contributed by atoms with van der Waals surface area (Å²) >= 11 is 0. The van der Waals surface area contributed by atoms with Crippen LogP contribution >= 0.6 is 0 Å². The summed E-state index contributed by atoms with van der Waals surface area (Å²) in [5, 5.41) is 7.59. The van der Waals surface area contributed by atoms with E-state index in [-0.39, 0.29) is 0 Å². The molecule has 138 valence electrons. The van der Waals surface area contributed by atoms with Gasteiger partial charge in [0.05, 0.1) is 0 Å². The summed E-state index contributed by atoms with van der Waals surface area (Å²) in [6.07, 6.45) is 18.0. The largest absolute Gasteiger partial charge is 0.317 e. The van der Waals surface area contributed by atoms with Gasteiger partial charge in [-0.2, -0.15) is 0 Å². The van der Waals surface area contributed by atoms with Crippen molar-refractivity contribution in [1.29, 1.82) is 0 Å². The molecule has 24 heavy (non-hydrogen) atoms. The second kappa shape index (κ2) is 7.66. The van der Waals surface area contributed by atoms with Gasteiger partial charge >= 0.3 is 0 Å². The van der Waals surface area contributed by atoms with Gasteiger partial charge in [-0.25, -0.2) is 0 Å². The summed E-state index contributed by atoms with van der Waals surface area (Å²) in [4.78, 5) is 0. The van der Waals surface area contributed by atoms with Gasteiger partial charge in [0, 0.05) is 12.1 Å². The Morgan fingerprint density at radius 3 is 1.33 bits per heavy atom. The van der Waals surface area contributed by atoms with Crippen molar-refractivity contribution in [2.75, 3.05) is 14.1 Å². The predicted molar refractivity (Wildman–Crippen MR) is 102 cm³/mol. The summed E-state index contributed by atoms with van der Waals surface area (Å²) in [5.41, 5.74) is 0. The molecule has 0 aromatic rings. The maximum absolute atomic E-state index is 3.80. The molecule has 4 aliphatic rings. The first-order valence-corrected chi connectivity index (χ1v) is 11.2. The van der Waals surface area contributed by atoms with E-state index >= 15 is 0 Å². The number of fused-ring (bicyclic) bond motifs is 2. The zero-order valence-corrected chi connectivity index (χ0v) is 16.1. The fraction of sp³-hybridized carbons (Fsp3) is 1.00. The molecule has 2 heteroatoms. The molecular formula is C22H40N2. The molecule has 2 nitrogen and oxygen atoms in total. The lowest BCUT2D eigenvalue weighted by Gasteiger charge is -2.56. The molecule has 8 unspecified atom stereocenters. The van der Waals surface area contributed by atoms with Gasteiger partial charge in [0.1, 0.15) is 0 Å². The molecule has 0 heterocycles. The van der Waals surface area contributed by atoms with Crippen molar-refractivity contribution >= 4 is 0 Å². The summed E-state index contributed by atoms with van der Waals surface area (Å²) in [5.74, 6) is 6.03. The first kappa shape index (κ1) is 17.3. The molecule has 0 aromatic carbocycles. The van der Waals surface area contributed by atoms with Gasteiger partial charge in [0.15, 0.2) is 0 Å². The molecule has 4 fully saturated rings. The number of rotatable bonds is 3. The Labute approximate surface area is 149 Å².